The fraction of sp³-hybridized carbons (Fsp3) is 0.105. The molecule has 1 aliphatic heterocycles. The van der Waals surface area contributed by atoms with Crippen LogP contribution in [0.5, 0.6) is 0 Å². The molecule has 0 aliphatic carbocycles. The van der Waals surface area contributed by atoms with Gasteiger partial charge >= 0.3 is 5.97 Å². The van der Waals surface area contributed by atoms with Crippen LogP contribution in [0.1, 0.15) is 21.5 Å². The lowest BCUT2D eigenvalue weighted by Crippen LogP contribution is -1.96. The number of ether oxygens (including phenoxy) is 1. The van der Waals surface area contributed by atoms with Gasteiger partial charge < -0.3 is 4.74 Å². The van der Waals surface area contributed by atoms with Crippen LogP contribution in [0.25, 0.3) is 21.9 Å². The number of carbonyl (C=O) groups is 1. The first-order chi connectivity index (χ1) is 10.8. The van der Waals surface area contributed by atoms with Crippen LogP contribution in [0.4, 0.5) is 0 Å². The maximum atomic E-state index is 12.0. The van der Waals surface area contributed by atoms with Crippen molar-refractivity contribution in [3.63, 3.8) is 0 Å². The van der Waals surface area contributed by atoms with Gasteiger partial charge in [-0.25, -0.2) is 4.79 Å². The number of hydrogen-bond acceptors (Lipinski definition) is 2. The Morgan fingerprint density at radius 3 is 2.64 bits per heavy atom. The Balaban J connectivity index is 2.11. The van der Waals surface area contributed by atoms with Crippen LogP contribution >= 0.6 is 11.6 Å². The summed E-state index contributed by atoms with van der Waals surface area (Å²) in [6.07, 6.45) is 0. The minimum Gasteiger partial charge on any atom is -0.457 e. The van der Waals surface area contributed by atoms with Crippen LogP contribution in [0, 0.1) is 0 Å². The van der Waals surface area contributed by atoms with Crippen molar-refractivity contribution in [1.82, 2.24) is 0 Å². The topological polar surface area (TPSA) is 26.3 Å². The number of benzene rings is 3. The number of esters is 1. The molecule has 0 saturated heterocycles. The molecular weight excluding hydrogens is 296 g/mol. The molecule has 0 amide bonds. The Kier molecular flexibility index (Phi) is 3.12. The summed E-state index contributed by atoms with van der Waals surface area (Å²) in [6.45, 7) is 0.339. The average Bonchev–Trinajstić information content (AvgIpc) is 2.94. The molecule has 0 spiro atoms. The molecule has 0 radical (unpaired) electrons. The zero-order chi connectivity index (χ0) is 15.1. The van der Waals surface area contributed by atoms with Gasteiger partial charge in [-0.3, -0.25) is 0 Å². The van der Waals surface area contributed by atoms with Crippen molar-refractivity contribution in [2.45, 2.75) is 12.5 Å². The van der Waals surface area contributed by atoms with Gasteiger partial charge in [0.2, 0.25) is 0 Å². The summed E-state index contributed by atoms with van der Waals surface area (Å²) in [5, 5.41) is 2.15. The third-order valence-electron chi connectivity index (χ3n) is 4.10. The number of cyclic esters (lactones) is 1. The van der Waals surface area contributed by atoms with E-state index in [9.17, 15) is 4.79 Å². The van der Waals surface area contributed by atoms with Crippen LogP contribution in [0.3, 0.4) is 0 Å². The highest BCUT2D eigenvalue weighted by molar-refractivity contribution is 6.17. The molecule has 0 saturated carbocycles. The van der Waals surface area contributed by atoms with Crippen molar-refractivity contribution in [2.24, 2.45) is 0 Å². The van der Waals surface area contributed by atoms with E-state index in [1.54, 1.807) is 0 Å². The lowest BCUT2D eigenvalue weighted by Gasteiger charge is -2.12. The highest BCUT2D eigenvalue weighted by Gasteiger charge is 2.26. The molecule has 0 unspecified atom stereocenters. The molecule has 3 aromatic carbocycles. The second-order valence-electron chi connectivity index (χ2n) is 5.41. The van der Waals surface area contributed by atoms with Gasteiger partial charge in [0.25, 0.3) is 0 Å². The third-order valence-corrected chi connectivity index (χ3v) is 4.40. The van der Waals surface area contributed by atoms with Gasteiger partial charge in [0, 0.05) is 11.4 Å². The van der Waals surface area contributed by atoms with Gasteiger partial charge in [-0.15, -0.1) is 11.6 Å². The maximum absolute atomic E-state index is 12.0. The van der Waals surface area contributed by atoms with Crippen molar-refractivity contribution >= 4 is 28.3 Å². The molecule has 108 valence electrons. The lowest BCUT2D eigenvalue weighted by atomic mass is 9.90. The minimum absolute atomic E-state index is 0.245. The molecule has 0 atom stereocenters. The van der Waals surface area contributed by atoms with E-state index in [1.165, 1.54) is 0 Å². The summed E-state index contributed by atoms with van der Waals surface area (Å²) in [4.78, 5) is 12.0. The fourth-order valence-electron chi connectivity index (χ4n) is 3.06. The first kappa shape index (κ1) is 13.4. The molecule has 3 aromatic rings. The fourth-order valence-corrected chi connectivity index (χ4v) is 3.23. The molecule has 0 aromatic heterocycles. The molecule has 22 heavy (non-hydrogen) atoms. The van der Waals surface area contributed by atoms with Gasteiger partial charge in [-0.2, -0.15) is 0 Å². The van der Waals surface area contributed by atoms with Gasteiger partial charge in [0.15, 0.2) is 0 Å². The summed E-state index contributed by atoms with van der Waals surface area (Å²) in [5.74, 6) is 0.211. The largest absolute Gasteiger partial charge is 0.457 e. The first-order valence-electron chi connectivity index (χ1n) is 7.15. The second-order valence-corrected chi connectivity index (χ2v) is 5.68. The zero-order valence-electron chi connectivity index (χ0n) is 11.8. The number of rotatable bonds is 2. The smallest absolute Gasteiger partial charge is 0.338 e. The van der Waals surface area contributed by atoms with E-state index in [0.29, 0.717) is 18.1 Å². The zero-order valence-corrected chi connectivity index (χ0v) is 12.6. The SMILES string of the molecule is O=C1OCc2c1cc1cc(CCl)ccc1c2-c1ccccc1. The standard InChI is InChI=1S/C19H13ClO2/c20-10-12-6-7-15-14(8-12)9-16-17(11-22-19(16)21)18(15)13-4-2-1-3-5-13/h1-9H,10-11H2. The van der Waals surface area contributed by atoms with Crippen LogP contribution in [-0.4, -0.2) is 5.97 Å². The van der Waals surface area contributed by atoms with E-state index in [4.69, 9.17) is 16.3 Å². The Labute approximate surface area is 133 Å². The number of fused-ring (bicyclic) bond motifs is 2. The van der Waals surface area contributed by atoms with Crippen molar-refractivity contribution in [3.05, 3.63) is 71.3 Å². The van der Waals surface area contributed by atoms with Gasteiger partial charge in [0.05, 0.1) is 5.56 Å². The summed E-state index contributed by atoms with van der Waals surface area (Å²) in [6, 6.07) is 18.2. The van der Waals surface area contributed by atoms with Crippen molar-refractivity contribution in [1.29, 1.82) is 0 Å². The normalized spacial score (nSPS) is 13.2. The van der Waals surface area contributed by atoms with E-state index in [0.717, 1.165) is 33.0 Å². The van der Waals surface area contributed by atoms with Gasteiger partial charge in [-0.05, 0) is 39.6 Å². The molecule has 1 aliphatic rings. The van der Waals surface area contributed by atoms with Crippen LogP contribution in [0.2, 0.25) is 0 Å². The average molecular weight is 309 g/mol. The van der Waals surface area contributed by atoms with Crippen molar-refractivity contribution in [3.8, 4) is 11.1 Å². The van der Waals surface area contributed by atoms with E-state index in [-0.39, 0.29) is 5.97 Å². The Morgan fingerprint density at radius 2 is 1.86 bits per heavy atom. The monoisotopic (exact) mass is 308 g/mol. The number of carbonyl (C=O) groups excluding carboxylic acids is 1. The summed E-state index contributed by atoms with van der Waals surface area (Å²) in [7, 11) is 0. The molecular formula is C19H13ClO2. The minimum atomic E-state index is -0.245. The predicted molar refractivity (Wildman–Crippen MR) is 88.1 cm³/mol. The number of halogens is 1. The molecule has 0 N–H and O–H groups in total. The highest BCUT2D eigenvalue weighted by Crippen LogP contribution is 2.38. The lowest BCUT2D eigenvalue weighted by molar-refractivity contribution is 0.0535. The molecule has 2 nitrogen and oxygen atoms in total. The van der Waals surface area contributed by atoms with Gasteiger partial charge in [0.1, 0.15) is 6.61 Å². The van der Waals surface area contributed by atoms with E-state index >= 15 is 0 Å². The van der Waals surface area contributed by atoms with Crippen molar-refractivity contribution in [2.75, 3.05) is 0 Å². The van der Waals surface area contributed by atoms with Crippen molar-refractivity contribution < 1.29 is 9.53 Å². The Bertz CT molecular complexity index is 885. The molecule has 3 heteroatoms. The number of alkyl halides is 1. The summed E-state index contributed by atoms with van der Waals surface area (Å²) in [5.41, 5.74) is 4.86. The van der Waals surface area contributed by atoms with E-state index < -0.39 is 0 Å². The second kappa shape index (κ2) is 5.15. The predicted octanol–water partition coefficient (Wildman–Crippen LogP) is 4.92. The molecule has 1 heterocycles. The maximum Gasteiger partial charge on any atom is 0.338 e. The third kappa shape index (κ3) is 1.99. The first-order valence-corrected chi connectivity index (χ1v) is 7.68. The summed E-state index contributed by atoms with van der Waals surface area (Å²) >= 11 is 5.94. The molecule has 0 fully saturated rings. The summed E-state index contributed by atoms with van der Waals surface area (Å²) < 4.78 is 5.25. The molecule has 0 bridgehead atoms. The van der Waals surface area contributed by atoms with Gasteiger partial charge in [-0.1, -0.05) is 42.5 Å². The Morgan fingerprint density at radius 1 is 1.05 bits per heavy atom. The van der Waals surface area contributed by atoms with Crippen LogP contribution in [-0.2, 0) is 17.2 Å². The highest BCUT2D eigenvalue weighted by atomic mass is 35.5. The quantitative estimate of drug-likeness (QED) is 0.496. The Hall–Kier alpha value is -2.32. The van der Waals surface area contributed by atoms with E-state index in [2.05, 4.69) is 18.2 Å². The van der Waals surface area contributed by atoms with Crippen LogP contribution in [0.15, 0.2) is 54.6 Å². The van der Waals surface area contributed by atoms with Crippen LogP contribution < -0.4 is 0 Å². The van der Waals surface area contributed by atoms with E-state index in [1.807, 2.05) is 36.4 Å². The molecule has 4 rings (SSSR count). The number of hydrogen-bond donors (Lipinski definition) is 0.